The molecule has 0 bridgehead atoms. The number of aryl methyl sites for hydroxylation is 1. The van der Waals surface area contributed by atoms with Crippen LogP contribution in [0.25, 0.3) is 5.00 Å². The van der Waals surface area contributed by atoms with Gasteiger partial charge in [0.1, 0.15) is 5.00 Å². The van der Waals surface area contributed by atoms with E-state index in [4.69, 9.17) is 0 Å². The maximum Gasteiger partial charge on any atom is 0.254 e. The lowest BCUT2D eigenvalue weighted by atomic mass is 10.00. The van der Waals surface area contributed by atoms with E-state index in [1.54, 1.807) is 0 Å². The number of aromatic nitrogens is 1. The van der Waals surface area contributed by atoms with Gasteiger partial charge in [0.2, 0.25) is 0 Å². The Morgan fingerprint density at radius 1 is 1.28 bits per heavy atom. The van der Waals surface area contributed by atoms with Gasteiger partial charge in [0, 0.05) is 18.3 Å². The Morgan fingerprint density at radius 2 is 2.08 bits per heavy atom. The van der Waals surface area contributed by atoms with E-state index in [1.807, 2.05) is 65.5 Å². The molecule has 1 unspecified atom stereocenters. The molecule has 3 aromatic rings. The third-order valence-electron chi connectivity index (χ3n) is 4.45. The van der Waals surface area contributed by atoms with Crippen LogP contribution in [0.1, 0.15) is 39.6 Å². The molecule has 0 aliphatic carbocycles. The van der Waals surface area contributed by atoms with Crippen LogP contribution in [-0.2, 0) is 0 Å². The van der Waals surface area contributed by atoms with Gasteiger partial charge in [-0.05, 0) is 36.1 Å². The first-order valence-electron chi connectivity index (χ1n) is 8.01. The zero-order valence-corrected chi connectivity index (χ0v) is 14.5. The number of thiophene rings is 1. The van der Waals surface area contributed by atoms with Gasteiger partial charge in [0.05, 0.1) is 17.3 Å². The Hall–Kier alpha value is -2.86. The minimum absolute atomic E-state index is 0.105. The molecule has 0 saturated heterocycles. The lowest BCUT2D eigenvalue weighted by molar-refractivity contribution is 0.0940. The van der Waals surface area contributed by atoms with Crippen LogP contribution in [0.4, 0.5) is 0 Å². The largest absolute Gasteiger partial charge is 0.411 e. The summed E-state index contributed by atoms with van der Waals surface area (Å²) in [7, 11) is 0. The molecule has 3 heterocycles. The summed E-state index contributed by atoms with van der Waals surface area (Å²) in [6.07, 6.45) is 2.36. The van der Waals surface area contributed by atoms with Crippen molar-refractivity contribution in [2.45, 2.75) is 19.4 Å². The first-order chi connectivity index (χ1) is 12.2. The number of carbonyl (C=O) groups excluding carboxylic acids is 1. The second-order valence-electron chi connectivity index (χ2n) is 6.09. The number of oxime groups is 1. The van der Waals surface area contributed by atoms with Crippen molar-refractivity contribution < 1.29 is 10.0 Å². The number of nitrogens with zero attached hydrogens (tertiary/aromatic N) is 2. The van der Waals surface area contributed by atoms with Crippen molar-refractivity contribution in [3.63, 3.8) is 0 Å². The minimum atomic E-state index is -0.269. The summed E-state index contributed by atoms with van der Waals surface area (Å²) in [5.74, 6) is -0.105. The summed E-state index contributed by atoms with van der Waals surface area (Å²) in [5, 5.41) is 18.9. The van der Waals surface area contributed by atoms with Gasteiger partial charge in [-0.2, -0.15) is 0 Å². The fourth-order valence-electron chi connectivity index (χ4n) is 3.14. The first-order valence-corrected chi connectivity index (χ1v) is 8.89. The van der Waals surface area contributed by atoms with E-state index in [0.717, 1.165) is 21.8 Å². The Labute approximate surface area is 149 Å². The molecule has 0 spiro atoms. The number of rotatable bonds is 3. The fourth-order valence-corrected chi connectivity index (χ4v) is 4.05. The summed E-state index contributed by atoms with van der Waals surface area (Å²) in [6, 6.07) is 13.3. The van der Waals surface area contributed by atoms with Crippen molar-refractivity contribution in [3.8, 4) is 5.00 Å². The van der Waals surface area contributed by atoms with Gasteiger partial charge < -0.3 is 15.1 Å². The van der Waals surface area contributed by atoms with Gasteiger partial charge in [-0.1, -0.05) is 35.0 Å². The van der Waals surface area contributed by atoms with Crippen molar-refractivity contribution >= 4 is 23.0 Å². The van der Waals surface area contributed by atoms with Gasteiger partial charge in [-0.3, -0.25) is 4.79 Å². The van der Waals surface area contributed by atoms with Crippen LogP contribution in [0.5, 0.6) is 0 Å². The number of amides is 1. The second kappa shape index (κ2) is 6.22. The number of hydrogen-bond acceptors (Lipinski definition) is 4. The van der Waals surface area contributed by atoms with Crippen LogP contribution >= 0.6 is 11.3 Å². The van der Waals surface area contributed by atoms with Crippen LogP contribution in [0.3, 0.4) is 0 Å². The van der Waals surface area contributed by atoms with Crippen LogP contribution in [0.2, 0.25) is 0 Å². The molecule has 1 aromatic carbocycles. The molecule has 126 valence electrons. The van der Waals surface area contributed by atoms with Crippen molar-refractivity contribution in [1.82, 2.24) is 9.88 Å². The second-order valence-corrected chi connectivity index (χ2v) is 6.98. The van der Waals surface area contributed by atoms with Crippen LogP contribution in [-0.4, -0.2) is 21.4 Å². The highest BCUT2D eigenvalue weighted by Crippen LogP contribution is 2.32. The van der Waals surface area contributed by atoms with Crippen LogP contribution in [0, 0.1) is 6.92 Å². The Bertz CT molecular complexity index is 953. The average molecular weight is 351 g/mol. The van der Waals surface area contributed by atoms with Crippen molar-refractivity contribution in [2.75, 3.05) is 0 Å². The van der Waals surface area contributed by atoms with E-state index < -0.39 is 0 Å². The lowest BCUT2D eigenvalue weighted by Gasteiger charge is -2.18. The van der Waals surface area contributed by atoms with Gasteiger partial charge in [-0.15, -0.1) is 11.3 Å². The summed E-state index contributed by atoms with van der Waals surface area (Å²) < 4.78 is 2.03. The number of carbonyl (C=O) groups is 1. The predicted molar refractivity (Wildman–Crippen MR) is 98.0 cm³/mol. The normalized spacial score (nSPS) is 16.8. The molecule has 1 aliphatic rings. The van der Waals surface area contributed by atoms with E-state index in [2.05, 4.69) is 10.5 Å². The highest BCUT2D eigenvalue weighted by Gasteiger charge is 2.28. The molecule has 4 rings (SSSR count). The smallest absolute Gasteiger partial charge is 0.254 e. The van der Waals surface area contributed by atoms with Crippen LogP contribution in [0.15, 0.2) is 59.2 Å². The Morgan fingerprint density at radius 3 is 2.84 bits per heavy atom. The fraction of sp³-hybridized carbons (Fsp3) is 0.158. The number of benzene rings is 1. The molecule has 0 saturated carbocycles. The van der Waals surface area contributed by atoms with Crippen molar-refractivity contribution in [1.29, 1.82) is 0 Å². The maximum atomic E-state index is 12.6. The monoisotopic (exact) mass is 351 g/mol. The minimum Gasteiger partial charge on any atom is -0.411 e. The molecule has 1 amide bonds. The molecule has 25 heavy (non-hydrogen) atoms. The molecule has 0 radical (unpaired) electrons. The third kappa shape index (κ3) is 2.74. The standard InChI is InChI=1S/C19H17N3O2S/c1-12-4-6-13(7-5-12)15(21-24)11-16-17-3-2-9-22(17)19-14(8-10-25-19)18(23)20-16/h2-10,16,24H,11H2,1H3,(H,20,23)/b21-15-. The molecule has 1 atom stereocenters. The number of hydrogen-bond donors (Lipinski definition) is 2. The quantitative estimate of drug-likeness (QED) is 0.427. The van der Waals surface area contributed by atoms with Gasteiger partial charge >= 0.3 is 0 Å². The molecule has 2 N–H and O–H groups in total. The first kappa shape index (κ1) is 15.7. The zero-order chi connectivity index (χ0) is 17.4. The zero-order valence-electron chi connectivity index (χ0n) is 13.6. The van der Waals surface area contributed by atoms with E-state index in [9.17, 15) is 10.0 Å². The highest BCUT2D eigenvalue weighted by atomic mass is 32.1. The molecular weight excluding hydrogens is 334 g/mol. The van der Waals surface area contributed by atoms with Gasteiger partial charge in [-0.25, -0.2) is 0 Å². The molecule has 1 aliphatic heterocycles. The molecule has 6 heteroatoms. The number of nitrogens with one attached hydrogen (secondary N) is 1. The van der Waals surface area contributed by atoms with E-state index in [-0.39, 0.29) is 11.9 Å². The molecule has 2 aromatic heterocycles. The highest BCUT2D eigenvalue weighted by molar-refractivity contribution is 7.13. The van der Waals surface area contributed by atoms with Crippen LogP contribution < -0.4 is 5.32 Å². The third-order valence-corrected chi connectivity index (χ3v) is 5.37. The Balaban J connectivity index is 1.70. The molecule has 0 fully saturated rings. The molecule has 5 nitrogen and oxygen atoms in total. The number of fused-ring (bicyclic) bond motifs is 3. The Kier molecular flexibility index (Phi) is 3.89. The summed E-state index contributed by atoms with van der Waals surface area (Å²) in [4.78, 5) is 12.6. The predicted octanol–water partition coefficient (Wildman–Crippen LogP) is 3.90. The SMILES string of the molecule is Cc1ccc(/C(CC2NC(=O)c3ccsc3-n3cccc32)=N\O)cc1. The van der Waals surface area contributed by atoms with E-state index in [1.165, 1.54) is 11.3 Å². The topological polar surface area (TPSA) is 66.6 Å². The summed E-state index contributed by atoms with van der Waals surface area (Å²) in [5.41, 5.74) is 4.18. The average Bonchev–Trinajstić information content (AvgIpc) is 3.26. The molecular formula is C19H17N3O2S. The van der Waals surface area contributed by atoms with E-state index in [0.29, 0.717) is 17.7 Å². The summed E-state index contributed by atoms with van der Waals surface area (Å²) >= 11 is 1.54. The van der Waals surface area contributed by atoms with Crippen molar-refractivity contribution in [2.24, 2.45) is 5.16 Å². The lowest BCUT2D eigenvalue weighted by Crippen LogP contribution is -2.29. The maximum absolute atomic E-state index is 12.6. The van der Waals surface area contributed by atoms with Crippen molar-refractivity contribution in [3.05, 3.63) is 76.4 Å². The van der Waals surface area contributed by atoms with E-state index >= 15 is 0 Å². The van der Waals surface area contributed by atoms with Gasteiger partial charge in [0.25, 0.3) is 5.91 Å². The van der Waals surface area contributed by atoms with Gasteiger partial charge in [0.15, 0.2) is 0 Å². The summed E-state index contributed by atoms with van der Waals surface area (Å²) in [6.45, 7) is 2.01.